The van der Waals surface area contributed by atoms with Crippen LogP contribution in [0.15, 0.2) is 20.0 Å². The van der Waals surface area contributed by atoms with Crippen molar-refractivity contribution in [2.75, 3.05) is 13.1 Å². The molecule has 0 radical (unpaired) electrons. The zero-order valence-electron chi connectivity index (χ0n) is 9.74. The number of hydrogen-bond donors (Lipinski definition) is 1. The van der Waals surface area contributed by atoms with Gasteiger partial charge in [-0.2, -0.15) is 17.5 Å². The lowest BCUT2D eigenvalue weighted by Gasteiger charge is -2.21. The van der Waals surface area contributed by atoms with Gasteiger partial charge in [-0.15, -0.1) is 0 Å². The third kappa shape index (κ3) is 3.94. The Labute approximate surface area is 116 Å². The van der Waals surface area contributed by atoms with E-state index < -0.39 is 34.2 Å². The van der Waals surface area contributed by atoms with E-state index in [1.165, 1.54) is 6.92 Å². The monoisotopic (exact) mass is 365 g/mol. The van der Waals surface area contributed by atoms with Gasteiger partial charge >= 0.3 is 6.18 Å². The fourth-order valence-corrected chi connectivity index (χ4v) is 3.75. The van der Waals surface area contributed by atoms with Gasteiger partial charge in [0.1, 0.15) is 23.8 Å². The molecule has 0 unspecified atom stereocenters. The molecular formula is C9H11BrF3NO4S. The molecule has 0 aliphatic rings. The Bertz CT molecular complexity index is 540. The summed E-state index contributed by atoms with van der Waals surface area (Å²) in [5, 5.41) is 8.82. The van der Waals surface area contributed by atoms with E-state index in [0.29, 0.717) is 0 Å². The number of furan rings is 1. The topological polar surface area (TPSA) is 70.8 Å². The molecule has 0 atom stereocenters. The lowest BCUT2D eigenvalue weighted by molar-refractivity contribution is -0.135. The summed E-state index contributed by atoms with van der Waals surface area (Å²) in [4.78, 5) is -0.442. The molecule has 0 saturated heterocycles. The van der Waals surface area contributed by atoms with Crippen molar-refractivity contribution in [2.24, 2.45) is 0 Å². The predicted octanol–water partition coefficient (Wildman–Crippen LogP) is 2.11. The zero-order valence-corrected chi connectivity index (χ0v) is 12.1. The maximum absolute atomic E-state index is 12.3. The minimum absolute atomic E-state index is 0.0616. The third-order valence-corrected chi connectivity index (χ3v) is 4.97. The molecule has 0 aliphatic heterocycles. The Morgan fingerprint density at radius 3 is 2.42 bits per heavy atom. The van der Waals surface area contributed by atoms with Crippen LogP contribution >= 0.6 is 15.9 Å². The molecule has 1 aromatic rings. The molecule has 1 heterocycles. The summed E-state index contributed by atoms with van der Waals surface area (Å²) >= 11 is 2.81. The Morgan fingerprint density at radius 1 is 1.47 bits per heavy atom. The van der Waals surface area contributed by atoms with E-state index in [4.69, 9.17) is 9.52 Å². The molecular weight excluding hydrogens is 355 g/mol. The average molecular weight is 366 g/mol. The summed E-state index contributed by atoms with van der Waals surface area (Å²) in [7, 11) is -4.34. The van der Waals surface area contributed by atoms with Gasteiger partial charge in [-0.25, -0.2) is 8.42 Å². The second-order valence-corrected chi connectivity index (χ2v) is 6.18. The third-order valence-electron chi connectivity index (χ3n) is 2.19. The van der Waals surface area contributed by atoms with Gasteiger partial charge < -0.3 is 9.52 Å². The number of alkyl halides is 3. The summed E-state index contributed by atoms with van der Waals surface area (Å²) in [6.45, 7) is -1.18. The highest BCUT2D eigenvalue weighted by atomic mass is 79.9. The molecule has 10 heteroatoms. The second-order valence-electron chi connectivity index (χ2n) is 3.56. The van der Waals surface area contributed by atoms with Crippen LogP contribution in [0.25, 0.3) is 0 Å². The van der Waals surface area contributed by atoms with Crippen molar-refractivity contribution in [3.8, 4) is 0 Å². The quantitative estimate of drug-likeness (QED) is 0.867. The first-order valence-electron chi connectivity index (χ1n) is 5.07. The lowest BCUT2D eigenvalue weighted by Crippen LogP contribution is -2.38. The molecule has 19 heavy (non-hydrogen) atoms. The molecule has 110 valence electrons. The van der Waals surface area contributed by atoms with Crippen LogP contribution in [0.4, 0.5) is 13.2 Å². The Hall–Kier alpha value is -0.580. The highest BCUT2D eigenvalue weighted by Crippen LogP contribution is 2.30. The van der Waals surface area contributed by atoms with E-state index in [2.05, 4.69) is 15.9 Å². The van der Waals surface area contributed by atoms with Crippen molar-refractivity contribution in [1.82, 2.24) is 4.31 Å². The van der Waals surface area contributed by atoms with Gasteiger partial charge in [0.2, 0.25) is 10.0 Å². The molecule has 0 saturated carbocycles. The number of sulfonamides is 1. The summed E-state index contributed by atoms with van der Waals surface area (Å²) < 4.78 is 66.0. The molecule has 5 nitrogen and oxygen atoms in total. The Kier molecular flexibility index (Phi) is 5.04. The van der Waals surface area contributed by atoms with E-state index in [9.17, 15) is 21.6 Å². The van der Waals surface area contributed by atoms with Crippen molar-refractivity contribution in [3.63, 3.8) is 0 Å². The first-order chi connectivity index (χ1) is 8.61. The van der Waals surface area contributed by atoms with Crippen LogP contribution < -0.4 is 0 Å². The summed E-state index contributed by atoms with van der Waals surface area (Å²) in [5.41, 5.74) is 0. The van der Waals surface area contributed by atoms with E-state index in [-0.39, 0.29) is 21.3 Å². The van der Waals surface area contributed by atoms with Crippen molar-refractivity contribution < 1.29 is 31.1 Å². The molecule has 0 bridgehead atoms. The fourth-order valence-electron chi connectivity index (χ4n) is 1.36. The van der Waals surface area contributed by atoms with Crippen LogP contribution in [0.2, 0.25) is 0 Å². The van der Waals surface area contributed by atoms with E-state index in [0.717, 1.165) is 6.07 Å². The molecule has 0 amide bonds. The zero-order chi connectivity index (χ0) is 14.8. The van der Waals surface area contributed by atoms with Gasteiger partial charge in [0.05, 0.1) is 0 Å². The first kappa shape index (κ1) is 16.5. The minimum Gasteiger partial charge on any atom is -0.450 e. The number of aliphatic hydroxyl groups excluding tert-OH is 1. The van der Waals surface area contributed by atoms with Gasteiger partial charge in [0.25, 0.3) is 0 Å². The normalized spacial score (nSPS) is 13.2. The molecule has 0 spiro atoms. The van der Waals surface area contributed by atoms with Crippen molar-refractivity contribution in [1.29, 1.82) is 0 Å². The highest BCUT2D eigenvalue weighted by Gasteiger charge is 2.37. The summed E-state index contributed by atoms with van der Waals surface area (Å²) in [6, 6.07) is 0.985. The van der Waals surface area contributed by atoms with Crippen LogP contribution in [0, 0.1) is 0 Å². The maximum atomic E-state index is 12.3. The number of halogens is 4. The second kappa shape index (κ2) is 5.81. The number of nitrogens with zero attached hydrogens (tertiary/aromatic N) is 1. The van der Waals surface area contributed by atoms with Gasteiger partial charge in [0, 0.05) is 12.6 Å². The summed E-state index contributed by atoms with van der Waals surface area (Å²) in [5.74, 6) is -0.0616. The lowest BCUT2D eigenvalue weighted by atomic mass is 10.5. The smallest absolute Gasteiger partial charge is 0.402 e. The minimum atomic E-state index is -4.64. The highest BCUT2D eigenvalue weighted by molar-refractivity contribution is 9.10. The van der Waals surface area contributed by atoms with Gasteiger partial charge in [-0.05, 0) is 15.9 Å². The Balaban J connectivity index is 3.17. The molecule has 0 fully saturated rings. The summed E-state index contributed by atoms with van der Waals surface area (Å²) in [6.07, 6.45) is -4.64. The largest absolute Gasteiger partial charge is 0.450 e. The van der Waals surface area contributed by atoms with Crippen molar-refractivity contribution in [2.45, 2.75) is 24.6 Å². The molecule has 1 N–H and O–H groups in total. The van der Waals surface area contributed by atoms with E-state index in [1.807, 2.05) is 0 Å². The molecule has 0 aliphatic carbocycles. The van der Waals surface area contributed by atoms with Crippen LogP contribution in [0.5, 0.6) is 0 Å². The Morgan fingerprint density at radius 2 is 2.05 bits per heavy atom. The molecule has 0 aromatic carbocycles. The van der Waals surface area contributed by atoms with Gasteiger partial charge in [-0.3, -0.25) is 0 Å². The average Bonchev–Trinajstić information content (AvgIpc) is 2.66. The van der Waals surface area contributed by atoms with Gasteiger partial charge in [0.15, 0.2) is 4.67 Å². The molecule has 1 aromatic heterocycles. The van der Waals surface area contributed by atoms with Crippen LogP contribution in [0.1, 0.15) is 12.7 Å². The van der Waals surface area contributed by atoms with E-state index in [1.54, 1.807) is 0 Å². The van der Waals surface area contributed by atoms with Crippen molar-refractivity contribution in [3.05, 3.63) is 16.5 Å². The first-order valence-corrected chi connectivity index (χ1v) is 7.31. The van der Waals surface area contributed by atoms with E-state index >= 15 is 0 Å². The standard InChI is InChI=1S/C9H11BrF3NO4S/c1-2-14(5-9(11,12)13)19(16,17)7-3-6(4-15)18-8(7)10/h3,15H,2,4-5H2,1H3. The van der Waals surface area contributed by atoms with Crippen LogP contribution in [-0.2, 0) is 16.6 Å². The predicted molar refractivity (Wildman–Crippen MR) is 62.8 cm³/mol. The van der Waals surface area contributed by atoms with Crippen LogP contribution in [-0.4, -0.2) is 37.1 Å². The number of hydrogen-bond acceptors (Lipinski definition) is 4. The SMILES string of the molecule is CCN(CC(F)(F)F)S(=O)(=O)c1cc(CO)oc1Br. The molecule has 1 rings (SSSR count). The number of aliphatic hydroxyl groups is 1. The maximum Gasteiger partial charge on any atom is 0.402 e. The fraction of sp³-hybridized carbons (Fsp3) is 0.556. The van der Waals surface area contributed by atoms with Crippen molar-refractivity contribution >= 4 is 26.0 Å². The van der Waals surface area contributed by atoms with Gasteiger partial charge in [-0.1, -0.05) is 6.92 Å². The van der Waals surface area contributed by atoms with Crippen LogP contribution in [0.3, 0.4) is 0 Å². The number of rotatable bonds is 5.